The maximum atomic E-state index is 14.3. The first-order valence-electron chi connectivity index (χ1n) is 8.83. The summed E-state index contributed by atoms with van der Waals surface area (Å²) in [5.74, 6) is -6.89. The Morgan fingerprint density at radius 2 is 1.61 bits per heavy atom. The molecule has 1 aliphatic heterocycles. The summed E-state index contributed by atoms with van der Waals surface area (Å²) in [5, 5.41) is 1.99. The maximum absolute atomic E-state index is 14.3. The number of carbonyl (C=O) groups is 2. The molecule has 33 heavy (non-hydrogen) atoms. The Labute approximate surface area is 194 Å². The molecule has 0 unspecified atom stereocenters. The van der Waals surface area contributed by atoms with Gasteiger partial charge in [-0.1, -0.05) is 0 Å². The molecule has 0 atom stereocenters. The number of nitrogen functional groups attached to an aromatic ring is 1. The molecule has 0 radical (unpaired) electrons. The number of amides is 2. The van der Waals surface area contributed by atoms with E-state index in [1.807, 2.05) is 27.9 Å². The van der Waals surface area contributed by atoms with Crippen LogP contribution in [0.15, 0.2) is 41.2 Å². The third-order valence-corrected chi connectivity index (χ3v) is 5.32. The number of alkyl halides is 3. The lowest BCUT2D eigenvalue weighted by molar-refractivity contribution is -0.138. The van der Waals surface area contributed by atoms with Gasteiger partial charge < -0.3 is 10.5 Å². The molecule has 2 aromatic carbocycles. The number of benzene rings is 2. The van der Waals surface area contributed by atoms with Crippen molar-refractivity contribution in [3.63, 3.8) is 0 Å². The van der Waals surface area contributed by atoms with Crippen LogP contribution in [0, 0.1) is 15.2 Å². The van der Waals surface area contributed by atoms with Gasteiger partial charge in [-0.2, -0.15) is 13.2 Å². The second kappa shape index (κ2) is 7.83. The number of imide groups is 1. The van der Waals surface area contributed by atoms with Gasteiger partial charge in [0.1, 0.15) is 5.82 Å². The van der Waals surface area contributed by atoms with E-state index in [2.05, 4.69) is 0 Å². The molecule has 170 valence electrons. The monoisotopic (exact) mass is 577 g/mol. The van der Waals surface area contributed by atoms with Crippen LogP contribution in [0.25, 0.3) is 5.69 Å². The molecule has 0 aliphatic carbocycles. The van der Waals surface area contributed by atoms with E-state index in [0.29, 0.717) is 3.57 Å². The van der Waals surface area contributed by atoms with Crippen LogP contribution in [0.2, 0.25) is 0 Å². The van der Waals surface area contributed by atoms with Crippen LogP contribution >= 0.6 is 22.6 Å². The average Bonchev–Trinajstić information content (AvgIpc) is 2.98. The zero-order chi connectivity index (χ0) is 24.2. The normalized spacial score (nSPS) is 13.2. The Balaban J connectivity index is 1.89. The quantitative estimate of drug-likeness (QED) is 0.279. The van der Waals surface area contributed by atoms with E-state index in [-0.39, 0.29) is 34.7 Å². The van der Waals surface area contributed by atoms with E-state index >= 15 is 0 Å². The second-order valence-electron chi connectivity index (χ2n) is 6.76. The lowest BCUT2D eigenvalue weighted by atomic mass is 10.1. The highest BCUT2D eigenvalue weighted by atomic mass is 127. The van der Waals surface area contributed by atoms with Crippen molar-refractivity contribution in [2.45, 2.75) is 6.18 Å². The molecule has 2 amide bonds. The predicted octanol–water partition coefficient (Wildman–Crippen LogP) is 4.00. The molecule has 0 bridgehead atoms. The summed E-state index contributed by atoms with van der Waals surface area (Å²) in [6.45, 7) is 0. The Hall–Kier alpha value is -3.49. The topological polar surface area (TPSA) is 103 Å². The third-order valence-electron chi connectivity index (χ3n) is 4.65. The highest BCUT2D eigenvalue weighted by Crippen LogP contribution is 2.38. The summed E-state index contributed by atoms with van der Waals surface area (Å²) in [6.07, 6.45) is -4.99. The molecular weight excluding hydrogens is 568 g/mol. The number of anilines is 1. The van der Waals surface area contributed by atoms with Gasteiger partial charge >= 0.3 is 6.18 Å². The number of nitrogens with zero attached hydrogens (tertiary/aromatic N) is 1. The largest absolute Gasteiger partial charge is 0.449 e. The molecule has 3 N–H and O–H groups in total. The highest BCUT2D eigenvalue weighted by Gasteiger charge is 2.34. The summed E-state index contributed by atoms with van der Waals surface area (Å²) < 4.78 is 73.6. The minimum atomic E-state index is -4.99. The van der Waals surface area contributed by atoms with E-state index in [9.17, 15) is 36.3 Å². The lowest BCUT2D eigenvalue weighted by Crippen LogP contribution is -2.24. The number of nitrogens with two attached hydrogens (primary N) is 1. The van der Waals surface area contributed by atoms with Crippen LogP contribution in [0.3, 0.4) is 0 Å². The number of carbonyl (C=O) groups excluding carboxylic acids is 2. The minimum Gasteiger partial charge on any atom is -0.449 e. The van der Waals surface area contributed by atoms with Crippen molar-refractivity contribution < 1.29 is 36.3 Å². The molecule has 0 spiro atoms. The molecule has 0 saturated heterocycles. The fourth-order valence-electron chi connectivity index (χ4n) is 3.21. The Morgan fingerprint density at radius 3 is 2.21 bits per heavy atom. The van der Waals surface area contributed by atoms with Gasteiger partial charge in [0.05, 0.1) is 22.4 Å². The van der Waals surface area contributed by atoms with Crippen molar-refractivity contribution in [3.8, 4) is 17.2 Å². The Kier molecular flexibility index (Phi) is 5.38. The van der Waals surface area contributed by atoms with Crippen LogP contribution in [-0.4, -0.2) is 16.4 Å². The number of nitrogens with one attached hydrogen (secondary N) is 1. The van der Waals surface area contributed by atoms with E-state index in [0.717, 1.165) is 10.6 Å². The van der Waals surface area contributed by atoms with Gasteiger partial charge in [0.25, 0.3) is 17.4 Å². The Bertz CT molecular complexity index is 1400. The van der Waals surface area contributed by atoms with Crippen LogP contribution in [0.4, 0.5) is 27.8 Å². The van der Waals surface area contributed by atoms with Crippen LogP contribution in [0.5, 0.6) is 11.5 Å². The number of ether oxygens (including phenoxy) is 1. The Morgan fingerprint density at radius 1 is 0.970 bits per heavy atom. The summed E-state index contributed by atoms with van der Waals surface area (Å²) in [5.41, 5.74) is 2.87. The van der Waals surface area contributed by atoms with E-state index in [4.69, 9.17) is 10.5 Å². The molecule has 7 nitrogen and oxygen atoms in total. The van der Waals surface area contributed by atoms with Crippen LogP contribution in [0.1, 0.15) is 26.3 Å². The smallest absolute Gasteiger partial charge is 0.416 e. The van der Waals surface area contributed by atoms with Gasteiger partial charge in [-0.15, -0.1) is 0 Å². The summed E-state index contributed by atoms with van der Waals surface area (Å²) in [4.78, 5) is 36.6. The number of pyridine rings is 1. The number of fused-ring (bicyclic) bond motifs is 1. The predicted molar refractivity (Wildman–Crippen MR) is 112 cm³/mol. The van der Waals surface area contributed by atoms with E-state index in [1.165, 1.54) is 18.2 Å². The number of aromatic nitrogens is 1. The van der Waals surface area contributed by atoms with Crippen molar-refractivity contribution in [2.24, 2.45) is 0 Å². The zero-order valence-corrected chi connectivity index (χ0v) is 18.0. The van der Waals surface area contributed by atoms with Crippen LogP contribution in [-0.2, 0) is 6.18 Å². The van der Waals surface area contributed by atoms with Gasteiger partial charge in [-0.05, 0) is 52.9 Å². The first-order valence-corrected chi connectivity index (χ1v) is 9.91. The van der Waals surface area contributed by atoms with Gasteiger partial charge in [-0.3, -0.25) is 24.3 Å². The number of rotatable bonds is 3. The fraction of sp³-hybridized carbons (Fsp3) is 0.0500. The van der Waals surface area contributed by atoms with Gasteiger partial charge in [0.2, 0.25) is 0 Å². The van der Waals surface area contributed by atoms with Crippen molar-refractivity contribution in [3.05, 3.63) is 78.6 Å². The first-order chi connectivity index (χ1) is 15.4. The summed E-state index contributed by atoms with van der Waals surface area (Å²) in [6, 6.07) is 4.96. The second-order valence-corrected chi connectivity index (χ2v) is 8.00. The van der Waals surface area contributed by atoms with Crippen molar-refractivity contribution >= 4 is 40.2 Å². The zero-order valence-electron chi connectivity index (χ0n) is 15.9. The fourth-order valence-corrected chi connectivity index (χ4v) is 3.69. The summed E-state index contributed by atoms with van der Waals surface area (Å²) in [7, 11) is 0. The number of hydrogen-bond acceptors (Lipinski definition) is 5. The van der Waals surface area contributed by atoms with Crippen molar-refractivity contribution in [2.75, 3.05) is 5.73 Å². The SMILES string of the molecule is Nc1c2c(cc(=O)n1-c1cc(I)ccc1Oc1c(F)cc(C(F)(F)F)cc1F)C(=O)NC2=O. The van der Waals surface area contributed by atoms with Gasteiger partial charge in [0.15, 0.2) is 23.1 Å². The van der Waals surface area contributed by atoms with Gasteiger partial charge in [0, 0.05) is 9.64 Å². The maximum Gasteiger partial charge on any atom is 0.416 e. The molecule has 13 heteroatoms. The molecular formula is C20H9F5IN3O4. The third kappa shape index (κ3) is 3.92. The number of hydrogen-bond donors (Lipinski definition) is 2. The van der Waals surface area contributed by atoms with Crippen molar-refractivity contribution in [1.29, 1.82) is 0 Å². The molecule has 1 aromatic heterocycles. The van der Waals surface area contributed by atoms with E-state index in [1.54, 1.807) is 0 Å². The molecule has 0 saturated carbocycles. The molecule has 1 aliphatic rings. The minimum absolute atomic E-state index is 0.0661. The lowest BCUT2D eigenvalue weighted by Gasteiger charge is -2.17. The molecule has 2 heterocycles. The first kappa shape index (κ1) is 22.7. The van der Waals surface area contributed by atoms with Crippen molar-refractivity contribution in [1.82, 2.24) is 9.88 Å². The standard InChI is InChI=1S/C20H9F5IN3O4/c21-10-3-7(20(23,24)25)4-11(22)16(10)33-13-2-1-8(26)5-12(13)29-14(30)6-9-15(17(29)27)19(32)28-18(9)31/h1-6H,27H2,(H,28,31,32). The summed E-state index contributed by atoms with van der Waals surface area (Å²) >= 11 is 1.86. The molecule has 0 fully saturated rings. The van der Waals surface area contributed by atoms with Crippen LogP contribution < -0.4 is 21.3 Å². The number of halogens is 6. The molecule has 4 rings (SSSR count). The average molecular weight is 577 g/mol. The van der Waals surface area contributed by atoms with Gasteiger partial charge in [-0.25, -0.2) is 8.78 Å². The molecule has 3 aromatic rings. The highest BCUT2D eigenvalue weighted by molar-refractivity contribution is 14.1. The van der Waals surface area contributed by atoms with E-state index < -0.39 is 52.3 Å².